The van der Waals surface area contributed by atoms with Crippen molar-refractivity contribution in [2.24, 2.45) is 13.0 Å². The number of nitrogens with zero attached hydrogens (tertiary/aromatic N) is 3. The number of hydrogen-bond acceptors (Lipinski definition) is 4. The summed E-state index contributed by atoms with van der Waals surface area (Å²) in [5.74, 6) is 2.04. The minimum atomic E-state index is -0.113. The van der Waals surface area contributed by atoms with Gasteiger partial charge in [-0.25, -0.2) is 4.98 Å². The highest BCUT2D eigenvalue weighted by Gasteiger charge is 2.21. The molecule has 24 heavy (non-hydrogen) atoms. The Hall–Kier alpha value is -2.08. The third-order valence-electron chi connectivity index (χ3n) is 4.80. The monoisotopic (exact) mass is 330 g/mol. The fourth-order valence-corrected chi connectivity index (χ4v) is 3.35. The molecule has 1 atom stereocenters. The van der Waals surface area contributed by atoms with Crippen LogP contribution < -0.4 is 5.32 Å². The molecule has 6 nitrogen and oxygen atoms in total. The first-order valence-electron chi connectivity index (χ1n) is 8.64. The van der Waals surface area contributed by atoms with E-state index in [2.05, 4.69) is 19.8 Å². The normalized spacial score (nSPS) is 18.7. The molecule has 0 aromatic carbocycles. The molecule has 0 bridgehead atoms. The number of aryl methyl sites for hydroxylation is 2. The van der Waals surface area contributed by atoms with E-state index in [0.717, 1.165) is 37.4 Å². The lowest BCUT2D eigenvalue weighted by atomic mass is 9.95. The number of rotatable bonds is 6. The number of likely N-dealkylation sites (tertiary alicyclic amines) is 1. The summed E-state index contributed by atoms with van der Waals surface area (Å²) in [5, 5.41) is 2.98. The van der Waals surface area contributed by atoms with Crippen molar-refractivity contribution in [1.82, 2.24) is 19.8 Å². The molecule has 2 aromatic heterocycles. The van der Waals surface area contributed by atoms with Crippen LogP contribution in [0, 0.1) is 12.8 Å². The van der Waals surface area contributed by atoms with Crippen molar-refractivity contribution in [2.75, 3.05) is 19.6 Å². The SMILES string of the molecule is Cc1ccoc1C(=O)NCC[C@@H]1CCCN(Cc2nccn2C)C1. The maximum absolute atomic E-state index is 12.1. The lowest BCUT2D eigenvalue weighted by molar-refractivity contribution is 0.0917. The second-order valence-corrected chi connectivity index (χ2v) is 6.68. The number of carbonyl (C=O) groups excluding carboxylic acids is 1. The molecule has 2 aromatic rings. The van der Waals surface area contributed by atoms with Gasteiger partial charge in [-0.2, -0.15) is 0 Å². The summed E-state index contributed by atoms with van der Waals surface area (Å²) in [7, 11) is 2.04. The Morgan fingerprint density at radius 1 is 1.50 bits per heavy atom. The van der Waals surface area contributed by atoms with Crippen LogP contribution >= 0.6 is 0 Å². The van der Waals surface area contributed by atoms with Crippen LogP contribution in [0.5, 0.6) is 0 Å². The number of hydrogen-bond donors (Lipinski definition) is 1. The first-order chi connectivity index (χ1) is 11.6. The first kappa shape index (κ1) is 16.8. The summed E-state index contributed by atoms with van der Waals surface area (Å²) in [4.78, 5) is 18.9. The molecule has 0 unspecified atom stereocenters. The number of amides is 1. The zero-order valence-electron chi connectivity index (χ0n) is 14.5. The number of carbonyl (C=O) groups is 1. The molecular weight excluding hydrogens is 304 g/mol. The third-order valence-corrected chi connectivity index (χ3v) is 4.80. The van der Waals surface area contributed by atoms with Crippen LogP contribution in [0.4, 0.5) is 0 Å². The maximum atomic E-state index is 12.1. The van der Waals surface area contributed by atoms with E-state index in [-0.39, 0.29) is 5.91 Å². The van der Waals surface area contributed by atoms with Gasteiger partial charge in [-0.05, 0) is 44.7 Å². The van der Waals surface area contributed by atoms with Crippen LogP contribution in [0.25, 0.3) is 0 Å². The van der Waals surface area contributed by atoms with E-state index in [1.165, 1.54) is 12.8 Å². The van der Waals surface area contributed by atoms with Crippen molar-refractivity contribution in [1.29, 1.82) is 0 Å². The van der Waals surface area contributed by atoms with Gasteiger partial charge in [0, 0.05) is 38.1 Å². The Balaban J connectivity index is 1.43. The lowest BCUT2D eigenvalue weighted by Gasteiger charge is -2.32. The highest BCUT2D eigenvalue weighted by molar-refractivity contribution is 5.92. The largest absolute Gasteiger partial charge is 0.459 e. The van der Waals surface area contributed by atoms with Crippen molar-refractivity contribution in [3.63, 3.8) is 0 Å². The minimum absolute atomic E-state index is 0.113. The standard InChI is InChI=1S/C18H26N4O2/c1-14-6-11-24-17(14)18(23)20-7-5-15-4-3-9-22(12-15)13-16-19-8-10-21(16)2/h6,8,10-11,15H,3-5,7,9,12-13H2,1-2H3,(H,20,23)/t15-/m0/s1. The van der Waals surface area contributed by atoms with Crippen molar-refractivity contribution < 1.29 is 9.21 Å². The quantitative estimate of drug-likeness (QED) is 0.883. The highest BCUT2D eigenvalue weighted by atomic mass is 16.3. The number of aromatic nitrogens is 2. The summed E-state index contributed by atoms with van der Waals surface area (Å²) in [6.07, 6.45) is 8.84. The molecule has 130 valence electrons. The van der Waals surface area contributed by atoms with E-state index in [1.807, 2.05) is 32.4 Å². The summed E-state index contributed by atoms with van der Waals surface area (Å²) in [6, 6.07) is 1.81. The first-order valence-corrected chi connectivity index (χ1v) is 8.64. The van der Waals surface area contributed by atoms with E-state index in [1.54, 1.807) is 6.26 Å². The van der Waals surface area contributed by atoms with Gasteiger partial charge >= 0.3 is 0 Å². The molecule has 1 fully saturated rings. The van der Waals surface area contributed by atoms with Gasteiger partial charge in [-0.3, -0.25) is 9.69 Å². The molecule has 0 aliphatic carbocycles. The van der Waals surface area contributed by atoms with Crippen molar-refractivity contribution in [3.8, 4) is 0 Å². The Morgan fingerprint density at radius 3 is 3.08 bits per heavy atom. The molecule has 1 amide bonds. The van der Waals surface area contributed by atoms with Crippen LogP contribution in [-0.2, 0) is 13.6 Å². The Morgan fingerprint density at radius 2 is 2.38 bits per heavy atom. The summed E-state index contributed by atoms with van der Waals surface area (Å²) >= 11 is 0. The molecular formula is C18H26N4O2. The maximum Gasteiger partial charge on any atom is 0.287 e. The van der Waals surface area contributed by atoms with Crippen LogP contribution in [0.1, 0.15) is 41.2 Å². The van der Waals surface area contributed by atoms with Crippen molar-refractivity contribution in [2.45, 2.75) is 32.7 Å². The van der Waals surface area contributed by atoms with Crippen molar-refractivity contribution in [3.05, 3.63) is 41.9 Å². The van der Waals surface area contributed by atoms with E-state index >= 15 is 0 Å². The van der Waals surface area contributed by atoms with Crippen LogP contribution in [0.2, 0.25) is 0 Å². The van der Waals surface area contributed by atoms with Crippen LogP contribution in [0.3, 0.4) is 0 Å². The summed E-state index contributed by atoms with van der Waals surface area (Å²) < 4.78 is 7.30. The van der Waals surface area contributed by atoms with Gasteiger partial charge in [0.1, 0.15) is 5.82 Å². The number of nitrogens with one attached hydrogen (secondary N) is 1. The van der Waals surface area contributed by atoms with Crippen molar-refractivity contribution >= 4 is 5.91 Å². The molecule has 0 saturated carbocycles. The molecule has 0 radical (unpaired) electrons. The topological polar surface area (TPSA) is 63.3 Å². The summed E-state index contributed by atoms with van der Waals surface area (Å²) in [6.45, 7) is 5.68. The van der Waals surface area contributed by atoms with E-state index in [4.69, 9.17) is 4.42 Å². The van der Waals surface area contributed by atoms with Gasteiger partial charge in [0.2, 0.25) is 0 Å². The van der Waals surface area contributed by atoms with Gasteiger partial charge in [0.25, 0.3) is 5.91 Å². The zero-order valence-corrected chi connectivity index (χ0v) is 14.5. The molecule has 6 heteroatoms. The second kappa shape index (κ2) is 7.66. The van der Waals surface area contributed by atoms with Crippen LogP contribution in [-0.4, -0.2) is 40.0 Å². The number of furan rings is 1. The van der Waals surface area contributed by atoms with E-state index in [9.17, 15) is 4.79 Å². The average Bonchev–Trinajstić information content (AvgIpc) is 3.17. The van der Waals surface area contributed by atoms with E-state index < -0.39 is 0 Å². The second-order valence-electron chi connectivity index (χ2n) is 6.68. The van der Waals surface area contributed by atoms with Gasteiger partial charge in [0.15, 0.2) is 5.76 Å². The smallest absolute Gasteiger partial charge is 0.287 e. The average molecular weight is 330 g/mol. The fourth-order valence-electron chi connectivity index (χ4n) is 3.35. The Bertz CT molecular complexity index is 676. The zero-order chi connectivity index (χ0) is 16.9. The van der Waals surface area contributed by atoms with Gasteiger partial charge in [-0.1, -0.05) is 0 Å². The molecule has 0 spiro atoms. The molecule has 1 aliphatic rings. The molecule has 1 aliphatic heterocycles. The number of piperidine rings is 1. The highest BCUT2D eigenvalue weighted by Crippen LogP contribution is 2.20. The Labute approximate surface area is 142 Å². The molecule has 3 heterocycles. The fraction of sp³-hybridized carbons (Fsp3) is 0.556. The minimum Gasteiger partial charge on any atom is -0.459 e. The Kier molecular flexibility index (Phi) is 5.35. The predicted molar refractivity (Wildman–Crippen MR) is 91.6 cm³/mol. The third kappa shape index (κ3) is 4.06. The molecule has 1 saturated heterocycles. The van der Waals surface area contributed by atoms with Gasteiger partial charge < -0.3 is 14.3 Å². The predicted octanol–water partition coefficient (Wildman–Crippen LogP) is 2.35. The van der Waals surface area contributed by atoms with E-state index in [0.29, 0.717) is 18.2 Å². The number of imidazole rings is 1. The van der Waals surface area contributed by atoms with Gasteiger partial charge in [-0.15, -0.1) is 0 Å². The van der Waals surface area contributed by atoms with Gasteiger partial charge in [0.05, 0.1) is 12.8 Å². The molecule has 3 rings (SSSR count). The van der Waals surface area contributed by atoms with Crippen LogP contribution in [0.15, 0.2) is 29.1 Å². The summed E-state index contributed by atoms with van der Waals surface area (Å²) in [5.41, 5.74) is 0.881. The molecule has 1 N–H and O–H groups in total. The lowest BCUT2D eigenvalue weighted by Crippen LogP contribution is -2.37.